The highest BCUT2D eigenvalue weighted by atomic mass is 79.9. The van der Waals surface area contributed by atoms with Crippen molar-refractivity contribution in [1.29, 1.82) is 0 Å². The van der Waals surface area contributed by atoms with Crippen molar-refractivity contribution in [2.75, 3.05) is 0 Å². The fourth-order valence-corrected chi connectivity index (χ4v) is 3.98. The van der Waals surface area contributed by atoms with Gasteiger partial charge in [-0.05, 0) is 27.4 Å². The summed E-state index contributed by atoms with van der Waals surface area (Å²) in [7, 11) is -3.83. The number of hydrogen-bond donors (Lipinski definition) is 2. The molecule has 2 heterocycles. The normalized spacial score (nSPS) is 11.6. The second kappa shape index (κ2) is 5.45. The van der Waals surface area contributed by atoms with Crippen molar-refractivity contribution in [1.82, 2.24) is 4.72 Å². The minimum Gasteiger partial charge on any atom is -0.475 e. The van der Waals surface area contributed by atoms with Crippen molar-refractivity contribution in [3.8, 4) is 0 Å². The number of halogens is 1. The lowest BCUT2D eigenvalue weighted by Gasteiger charge is -2.03. The van der Waals surface area contributed by atoms with E-state index in [1.54, 1.807) is 6.07 Å². The number of aromatic carboxylic acids is 1. The number of carboxylic acids is 1. The third-order valence-electron chi connectivity index (χ3n) is 2.17. The summed E-state index contributed by atoms with van der Waals surface area (Å²) in [5.74, 6) is -1.77. The van der Waals surface area contributed by atoms with E-state index >= 15 is 0 Å². The van der Waals surface area contributed by atoms with Crippen LogP contribution < -0.4 is 4.72 Å². The zero-order valence-corrected chi connectivity index (χ0v) is 12.5. The summed E-state index contributed by atoms with van der Waals surface area (Å²) in [5, 5.41) is 10.6. The predicted molar refractivity (Wildman–Crippen MR) is 71.7 cm³/mol. The summed E-state index contributed by atoms with van der Waals surface area (Å²) in [4.78, 5) is 11.3. The first kappa shape index (κ1) is 14.3. The molecule has 0 aliphatic carbocycles. The molecule has 0 aliphatic rings. The van der Waals surface area contributed by atoms with Gasteiger partial charge in [-0.25, -0.2) is 17.9 Å². The van der Waals surface area contributed by atoms with E-state index in [1.807, 2.05) is 11.4 Å². The van der Waals surface area contributed by atoms with Crippen molar-refractivity contribution in [3.63, 3.8) is 0 Å². The van der Waals surface area contributed by atoms with Crippen molar-refractivity contribution in [2.24, 2.45) is 0 Å². The average Bonchev–Trinajstić information content (AvgIpc) is 2.95. The van der Waals surface area contributed by atoms with Crippen molar-refractivity contribution in [3.05, 3.63) is 38.9 Å². The van der Waals surface area contributed by atoms with Crippen LogP contribution in [0.1, 0.15) is 15.4 Å². The van der Waals surface area contributed by atoms with Gasteiger partial charge in [-0.1, -0.05) is 6.07 Å². The van der Waals surface area contributed by atoms with Crippen LogP contribution in [0.3, 0.4) is 0 Å². The second-order valence-electron chi connectivity index (χ2n) is 3.46. The van der Waals surface area contributed by atoms with E-state index in [-0.39, 0.29) is 16.1 Å². The first-order chi connectivity index (χ1) is 8.90. The quantitative estimate of drug-likeness (QED) is 0.846. The molecule has 19 heavy (non-hydrogen) atoms. The maximum absolute atomic E-state index is 12.0. The van der Waals surface area contributed by atoms with Gasteiger partial charge in [0.05, 0.1) is 0 Å². The Morgan fingerprint density at radius 2 is 2.26 bits per heavy atom. The zero-order chi connectivity index (χ0) is 14.0. The number of carboxylic acid groups (broad SMARTS) is 1. The van der Waals surface area contributed by atoms with E-state index in [1.165, 1.54) is 11.3 Å². The summed E-state index contributed by atoms with van der Waals surface area (Å²) in [6.07, 6.45) is 0. The lowest BCUT2D eigenvalue weighted by Crippen LogP contribution is -2.22. The smallest absolute Gasteiger partial charge is 0.371 e. The molecule has 2 N–H and O–H groups in total. The second-order valence-corrected chi connectivity index (χ2v) is 6.95. The molecule has 0 atom stereocenters. The van der Waals surface area contributed by atoms with Gasteiger partial charge in [0.1, 0.15) is 4.90 Å². The van der Waals surface area contributed by atoms with Gasteiger partial charge >= 0.3 is 5.97 Å². The Kier molecular flexibility index (Phi) is 4.09. The molecule has 2 aromatic heterocycles. The van der Waals surface area contributed by atoms with Crippen LogP contribution in [-0.2, 0) is 16.6 Å². The number of nitrogens with one attached hydrogen (secondary N) is 1. The van der Waals surface area contributed by atoms with Crippen LogP contribution in [0.25, 0.3) is 0 Å². The molecule has 0 saturated carbocycles. The molecule has 0 bridgehead atoms. The third kappa shape index (κ3) is 3.24. The zero-order valence-electron chi connectivity index (χ0n) is 9.29. The van der Waals surface area contributed by atoms with Crippen LogP contribution in [0.2, 0.25) is 0 Å². The van der Waals surface area contributed by atoms with Gasteiger partial charge in [0.25, 0.3) is 0 Å². The molecule has 6 nitrogen and oxygen atoms in total. The number of thiophene rings is 1. The standard InChI is InChI=1S/C10H8BrNO5S2/c11-9-8(4-7(17-9)10(13)14)19(15,16)12-5-6-2-1-3-18-6/h1-4,12H,5H2,(H,13,14). The van der Waals surface area contributed by atoms with Crippen LogP contribution >= 0.6 is 27.3 Å². The van der Waals surface area contributed by atoms with Gasteiger partial charge in [-0.3, -0.25) is 0 Å². The van der Waals surface area contributed by atoms with E-state index in [0.29, 0.717) is 0 Å². The molecule has 0 unspecified atom stereocenters. The first-order valence-corrected chi connectivity index (χ1v) is 8.10. The predicted octanol–water partition coefficient (Wildman–Crippen LogP) is 2.28. The number of rotatable bonds is 5. The molecule has 2 rings (SSSR count). The highest BCUT2D eigenvalue weighted by molar-refractivity contribution is 9.10. The molecule has 0 radical (unpaired) electrons. The van der Waals surface area contributed by atoms with Gasteiger partial charge in [0, 0.05) is 17.5 Å². The number of carbonyl (C=O) groups is 1. The molecule has 102 valence electrons. The Morgan fingerprint density at radius 1 is 1.53 bits per heavy atom. The topological polar surface area (TPSA) is 96.6 Å². The average molecular weight is 366 g/mol. The number of hydrogen-bond acceptors (Lipinski definition) is 5. The van der Waals surface area contributed by atoms with Gasteiger partial charge in [0.2, 0.25) is 15.8 Å². The maximum atomic E-state index is 12.0. The van der Waals surface area contributed by atoms with Crippen LogP contribution in [0.15, 0.2) is 37.6 Å². The third-order valence-corrected chi connectivity index (χ3v) is 5.31. The largest absolute Gasteiger partial charge is 0.475 e. The fourth-order valence-electron chi connectivity index (χ4n) is 1.30. The van der Waals surface area contributed by atoms with Crippen molar-refractivity contribution >= 4 is 43.3 Å². The van der Waals surface area contributed by atoms with Crippen LogP contribution in [0, 0.1) is 0 Å². The van der Waals surface area contributed by atoms with Gasteiger partial charge in [-0.15, -0.1) is 11.3 Å². The summed E-state index contributed by atoms with van der Waals surface area (Å²) in [6, 6.07) is 4.56. The first-order valence-electron chi connectivity index (χ1n) is 4.95. The molecule has 2 aromatic rings. The van der Waals surface area contributed by atoms with Crippen LogP contribution in [0.4, 0.5) is 0 Å². The summed E-state index contributed by atoms with van der Waals surface area (Å²) in [5.41, 5.74) is 0. The lowest BCUT2D eigenvalue weighted by atomic mass is 10.5. The molecule has 9 heteroatoms. The Balaban J connectivity index is 2.22. The Bertz CT molecular complexity index is 690. The SMILES string of the molecule is O=C(O)c1cc(S(=O)(=O)NCc2cccs2)c(Br)o1. The monoisotopic (exact) mass is 365 g/mol. The highest BCUT2D eigenvalue weighted by Gasteiger charge is 2.24. The highest BCUT2D eigenvalue weighted by Crippen LogP contribution is 2.26. The van der Waals surface area contributed by atoms with E-state index in [9.17, 15) is 13.2 Å². The lowest BCUT2D eigenvalue weighted by molar-refractivity contribution is 0.0661. The molecular formula is C10H8BrNO5S2. The van der Waals surface area contributed by atoms with E-state index in [0.717, 1.165) is 10.9 Å². The van der Waals surface area contributed by atoms with E-state index < -0.39 is 21.8 Å². The van der Waals surface area contributed by atoms with Gasteiger partial charge in [-0.2, -0.15) is 0 Å². The van der Waals surface area contributed by atoms with Crippen LogP contribution in [-0.4, -0.2) is 19.5 Å². The number of furan rings is 1. The minimum atomic E-state index is -3.83. The minimum absolute atomic E-state index is 0.136. The molecule has 0 spiro atoms. The Morgan fingerprint density at radius 3 is 2.79 bits per heavy atom. The Labute approximate surface area is 121 Å². The molecule has 0 aliphatic heterocycles. The molecule has 0 saturated heterocycles. The summed E-state index contributed by atoms with van der Waals surface area (Å²) in [6.45, 7) is 0.139. The molecule has 0 fully saturated rings. The van der Waals surface area contributed by atoms with E-state index in [2.05, 4.69) is 20.7 Å². The summed E-state index contributed by atoms with van der Waals surface area (Å²) < 4.78 is 31.0. The molecule has 0 amide bonds. The Hall–Kier alpha value is -1.16. The van der Waals surface area contributed by atoms with Crippen molar-refractivity contribution in [2.45, 2.75) is 11.4 Å². The fraction of sp³-hybridized carbons (Fsp3) is 0.100. The van der Waals surface area contributed by atoms with Gasteiger partial charge < -0.3 is 9.52 Å². The number of sulfonamides is 1. The molecule has 0 aromatic carbocycles. The molecular weight excluding hydrogens is 358 g/mol. The van der Waals surface area contributed by atoms with Crippen molar-refractivity contribution < 1.29 is 22.7 Å². The summed E-state index contributed by atoms with van der Waals surface area (Å²) >= 11 is 4.31. The van der Waals surface area contributed by atoms with Crippen LogP contribution in [0.5, 0.6) is 0 Å². The van der Waals surface area contributed by atoms with Gasteiger partial charge in [0.15, 0.2) is 4.67 Å². The maximum Gasteiger partial charge on any atom is 0.371 e. The van der Waals surface area contributed by atoms with E-state index in [4.69, 9.17) is 9.52 Å².